The minimum atomic E-state index is -0.938. The van der Waals surface area contributed by atoms with Crippen molar-refractivity contribution in [1.82, 2.24) is 0 Å². The average Bonchev–Trinajstić information content (AvgIpc) is 2.03. The molecule has 0 fully saturated rings. The van der Waals surface area contributed by atoms with E-state index in [1.54, 1.807) is 6.08 Å². The molecule has 74 valence electrons. The molecule has 13 heavy (non-hydrogen) atoms. The summed E-state index contributed by atoms with van der Waals surface area (Å²) in [4.78, 5) is 10.1. The van der Waals surface area contributed by atoms with Crippen molar-refractivity contribution in [3.05, 3.63) is 23.3 Å². The van der Waals surface area contributed by atoms with Gasteiger partial charge in [-0.25, -0.2) is 0 Å². The van der Waals surface area contributed by atoms with Crippen molar-refractivity contribution < 1.29 is 9.90 Å². The van der Waals surface area contributed by atoms with Crippen LogP contribution in [0, 0.1) is 0 Å². The Labute approximate surface area is 80.0 Å². The highest BCUT2D eigenvalue weighted by molar-refractivity contribution is 5.58. The van der Waals surface area contributed by atoms with Gasteiger partial charge in [0.25, 0.3) is 0 Å². The molecule has 0 aliphatic rings. The molecule has 0 aliphatic carbocycles. The van der Waals surface area contributed by atoms with Crippen LogP contribution in [0.4, 0.5) is 0 Å². The van der Waals surface area contributed by atoms with Gasteiger partial charge in [0.2, 0.25) is 0 Å². The van der Waals surface area contributed by atoms with Crippen LogP contribution in [0.3, 0.4) is 0 Å². The molecule has 2 heteroatoms. The number of rotatable bonds is 5. The van der Waals surface area contributed by atoms with Gasteiger partial charge >= 0.3 is 0 Å². The molecule has 2 nitrogen and oxygen atoms in total. The number of carbonyl (C=O) groups excluding carboxylic acids is 1. The molecule has 0 aromatic heterocycles. The van der Waals surface area contributed by atoms with E-state index in [2.05, 4.69) is 19.9 Å². The Hall–Kier alpha value is -0.890. The van der Waals surface area contributed by atoms with Crippen molar-refractivity contribution in [2.45, 2.75) is 39.7 Å². The summed E-state index contributed by atoms with van der Waals surface area (Å²) in [6.45, 7) is 6.03. The van der Waals surface area contributed by atoms with Crippen LogP contribution < -0.4 is 0 Å². The van der Waals surface area contributed by atoms with E-state index in [-0.39, 0.29) is 0 Å². The van der Waals surface area contributed by atoms with Crippen LogP contribution in [0.1, 0.15) is 33.6 Å². The lowest BCUT2D eigenvalue weighted by Crippen LogP contribution is -2.03. The molecule has 0 amide bonds. The molecular weight excluding hydrogens is 164 g/mol. The lowest BCUT2D eigenvalue weighted by Gasteiger charge is -2.00. The van der Waals surface area contributed by atoms with Gasteiger partial charge in [-0.15, -0.1) is 0 Å². The second kappa shape index (κ2) is 6.61. The summed E-state index contributed by atoms with van der Waals surface area (Å²) in [6.07, 6.45) is 5.19. The zero-order valence-electron chi connectivity index (χ0n) is 8.58. The standard InChI is InChI=1S/C11H18O2/c1-9(2)5-4-6-10(3)7-11(13)8-12/h5,7-8,11,13H,4,6H2,1-3H3/b10-7+. The topological polar surface area (TPSA) is 37.3 Å². The molecule has 0 spiro atoms. The Morgan fingerprint density at radius 2 is 2.00 bits per heavy atom. The maximum Gasteiger partial charge on any atom is 0.152 e. The zero-order valence-corrected chi connectivity index (χ0v) is 8.58. The number of carbonyl (C=O) groups is 1. The van der Waals surface area contributed by atoms with Crippen LogP contribution in [0.5, 0.6) is 0 Å². The number of aliphatic hydroxyl groups is 1. The molecule has 0 saturated carbocycles. The summed E-state index contributed by atoms with van der Waals surface area (Å²) in [5.74, 6) is 0. The van der Waals surface area contributed by atoms with Crippen molar-refractivity contribution in [2.75, 3.05) is 0 Å². The van der Waals surface area contributed by atoms with E-state index in [1.807, 2.05) is 6.92 Å². The lowest BCUT2D eigenvalue weighted by molar-refractivity contribution is -0.112. The van der Waals surface area contributed by atoms with Crippen LogP contribution >= 0.6 is 0 Å². The van der Waals surface area contributed by atoms with E-state index in [0.29, 0.717) is 6.29 Å². The Balaban J connectivity index is 3.86. The Morgan fingerprint density at radius 1 is 1.38 bits per heavy atom. The van der Waals surface area contributed by atoms with Gasteiger partial charge in [0, 0.05) is 0 Å². The largest absolute Gasteiger partial charge is 0.381 e. The first kappa shape index (κ1) is 12.1. The molecule has 1 unspecified atom stereocenters. The van der Waals surface area contributed by atoms with Crippen molar-refractivity contribution in [1.29, 1.82) is 0 Å². The van der Waals surface area contributed by atoms with Gasteiger partial charge in [-0.05, 0) is 33.6 Å². The molecule has 0 aromatic rings. The molecule has 0 heterocycles. The smallest absolute Gasteiger partial charge is 0.152 e. The highest BCUT2D eigenvalue weighted by atomic mass is 16.3. The maximum absolute atomic E-state index is 10.1. The fraction of sp³-hybridized carbons (Fsp3) is 0.545. The number of allylic oxidation sites excluding steroid dienone is 3. The van der Waals surface area contributed by atoms with Crippen molar-refractivity contribution in [2.24, 2.45) is 0 Å². The minimum Gasteiger partial charge on any atom is -0.381 e. The van der Waals surface area contributed by atoms with Gasteiger partial charge in [-0.1, -0.05) is 23.3 Å². The zero-order chi connectivity index (χ0) is 10.3. The highest BCUT2D eigenvalue weighted by Crippen LogP contribution is 2.06. The monoisotopic (exact) mass is 182 g/mol. The fourth-order valence-corrected chi connectivity index (χ4v) is 1.00. The van der Waals surface area contributed by atoms with Gasteiger partial charge in [-0.2, -0.15) is 0 Å². The van der Waals surface area contributed by atoms with E-state index in [4.69, 9.17) is 5.11 Å². The lowest BCUT2D eigenvalue weighted by atomic mass is 10.1. The van der Waals surface area contributed by atoms with E-state index in [1.165, 1.54) is 5.57 Å². The first-order chi connectivity index (χ1) is 6.06. The fourth-order valence-electron chi connectivity index (χ4n) is 1.00. The molecule has 1 atom stereocenters. The number of aldehydes is 1. The predicted octanol–water partition coefficient (Wildman–Crippen LogP) is 2.24. The Kier molecular flexibility index (Phi) is 6.15. The van der Waals surface area contributed by atoms with E-state index < -0.39 is 6.10 Å². The first-order valence-electron chi connectivity index (χ1n) is 4.50. The average molecular weight is 182 g/mol. The molecule has 0 aliphatic heterocycles. The van der Waals surface area contributed by atoms with Gasteiger partial charge in [0.15, 0.2) is 6.29 Å². The van der Waals surface area contributed by atoms with E-state index in [0.717, 1.165) is 18.4 Å². The molecule has 0 saturated heterocycles. The maximum atomic E-state index is 10.1. The van der Waals surface area contributed by atoms with Crippen LogP contribution in [0.15, 0.2) is 23.3 Å². The minimum absolute atomic E-state index is 0.532. The van der Waals surface area contributed by atoms with Crippen LogP contribution in [0.25, 0.3) is 0 Å². The first-order valence-corrected chi connectivity index (χ1v) is 4.50. The number of aliphatic hydroxyl groups excluding tert-OH is 1. The predicted molar refractivity (Wildman–Crippen MR) is 54.5 cm³/mol. The highest BCUT2D eigenvalue weighted by Gasteiger charge is 1.96. The van der Waals surface area contributed by atoms with Crippen LogP contribution in [0.2, 0.25) is 0 Å². The summed E-state index contributed by atoms with van der Waals surface area (Å²) >= 11 is 0. The molecule has 0 aromatic carbocycles. The third-order valence-electron chi connectivity index (χ3n) is 1.69. The Bertz CT molecular complexity index is 210. The molecule has 0 radical (unpaired) electrons. The van der Waals surface area contributed by atoms with Gasteiger partial charge < -0.3 is 9.90 Å². The molecule has 0 bridgehead atoms. The Morgan fingerprint density at radius 3 is 2.46 bits per heavy atom. The molecule has 0 rings (SSSR count). The van der Waals surface area contributed by atoms with E-state index >= 15 is 0 Å². The summed E-state index contributed by atoms with van der Waals surface area (Å²) in [7, 11) is 0. The van der Waals surface area contributed by atoms with Crippen molar-refractivity contribution >= 4 is 6.29 Å². The van der Waals surface area contributed by atoms with Gasteiger partial charge in [0.05, 0.1) is 0 Å². The van der Waals surface area contributed by atoms with Gasteiger partial charge in [0.1, 0.15) is 6.10 Å². The second-order valence-corrected chi connectivity index (χ2v) is 3.46. The van der Waals surface area contributed by atoms with Crippen molar-refractivity contribution in [3.63, 3.8) is 0 Å². The van der Waals surface area contributed by atoms with Crippen LogP contribution in [-0.2, 0) is 4.79 Å². The normalized spacial score (nSPS) is 13.7. The summed E-state index contributed by atoms with van der Waals surface area (Å²) in [6, 6.07) is 0. The second-order valence-electron chi connectivity index (χ2n) is 3.46. The quantitative estimate of drug-likeness (QED) is 0.523. The van der Waals surface area contributed by atoms with Crippen LogP contribution in [-0.4, -0.2) is 17.5 Å². The number of hydrogen-bond acceptors (Lipinski definition) is 2. The van der Waals surface area contributed by atoms with Crippen molar-refractivity contribution in [3.8, 4) is 0 Å². The number of hydrogen-bond donors (Lipinski definition) is 1. The molecule has 1 N–H and O–H groups in total. The van der Waals surface area contributed by atoms with Gasteiger partial charge in [-0.3, -0.25) is 0 Å². The molecular formula is C11H18O2. The summed E-state index contributed by atoms with van der Waals surface area (Å²) < 4.78 is 0. The third kappa shape index (κ3) is 7.47. The summed E-state index contributed by atoms with van der Waals surface area (Å²) in [5, 5.41) is 8.98. The SMILES string of the molecule is CC(C)=CCC/C(C)=C/C(O)C=O. The third-order valence-corrected chi connectivity index (χ3v) is 1.69. The van der Waals surface area contributed by atoms with E-state index in [9.17, 15) is 4.79 Å². The summed E-state index contributed by atoms with van der Waals surface area (Å²) in [5.41, 5.74) is 2.35.